The fourth-order valence-electron chi connectivity index (χ4n) is 4.06. The van der Waals surface area contributed by atoms with Gasteiger partial charge in [0, 0.05) is 30.4 Å². The van der Waals surface area contributed by atoms with Crippen molar-refractivity contribution in [2.24, 2.45) is 11.1 Å². The van der Waals surface area contributed by atoms with Crippen molar-refractivity contribution in [2.45, 2.75) is 45.3 Å². The van der Waals surface area contributed by atoms with Gasteiger partial charge in [0.1, 0.15) is 17.1 Å². The number of fused-ring (bicyclic) bond motifs is 1. The van der Waals surface area contributed by atoms with E-state index >= 15 is 0 Å². The number of ether oxygens (including phenoxy) is 2. The second kappa shape index (κ2) is 6.87. The first kappa shape index (κ1) is 18.9. The van der Waals surface area contributed by atoms with Gasteiger partial charge >= 0.3 is 0 Å². The van der Waals surface area contributed by atoms with Gasteiger partial charge in [-0.15, -0.1) is 0 Å². The number of pyridine rings is 1. The van der Waals surface area contributed by atoms with Crippen LogP contribution in [0.25, 0.3) is 11.3 Å². The van der Waals surface area contributed by atoms with E-state index in [1.165, 1.54) is 5.56 Å². The number of rotatable bonds is 5. The number of benzene rings is 1. The number of carbonyl (C=O) groups is 1. The average molecular weight is 381 g/mol. The highest BCUT2D eigenvalue weighted by Crippen LogP contribution is 2.50. The largest absolute Gasteiger partial charge is 0.493 e. The first-order valence-electron chi connectivity index (χ1n) is 9.80. The minimum absolute atomic E-state index is 0.0128. The molecule has 1 aromatic carbocycles. The van der Waals surface area contributed by atoms with Crippen LogP contribution < -0.4 is 15.8 Å². The lowest BCUT2D eigenvalue weighted by Gasteiger charge is -2.57. The Hall–Kier alpha value is -2.44. The molecule has 0 spiro atoms. The van der Waals surface area contributed by atoms with Crippen LogP contribution in [-0.2, 0) is 16.0 Å². The van der Waals surface area contributed by atoms with Crippen LogP contribution in [0.3, 0.4) is 0 Å². The van der Waals surface area contributed by atoms with Crippen LogP contribution in [0.2, 0.25) is 0 Å². The molecule has 148 valence electrons. The summed E-state index contributed by atoms with van der Waals surface area (Å²) in [5.74, 6) is 1.22. The molecule has 1 aromatic heterocycles. The quantitative estimate of drug-likeness (QED) is 0.831. The molecule has 3 N–H and O–H groups in total. The summed E-state index contributed by atoms with van der Waals surface area (Å²) in [4.78, 5) is 17.6. The lowest BCUT2D eigenvalue weighted by molar-refractivity contribution is -0.166. The van der Waals surface area contributed by atoms with E-state index in [9.17, 15) is 4.79 Å². The lowest BCUT2D eigenvalue weighted by atomic mass is 9.54. The Morgan fingerprint density at radius 3 is 2.93 bits per heavy atom. The van der Waals surface area contributed by atoms with Crippen LogP contribution in [0.1, 0.15) is 32.8 Å². The summed E-state index contributed by atoms with van der Waals surface area (Å²) in [6.07, 6.45) is 1.40. The average Bonchev–Trinajstić information content (AvgIpc) is 3.15. The summed E-state index contributed by atoms with van der Waals surface area (Å²) < 4.78 is 11.3. The van der Waals surface area contributed by atoms with Gasteiger partial charge in [-0.1, -0.05) is 19.9 Å². The molecule has 28 heavy (non-hydrogen) atoms. The standard InChI is InChI=1S/C22H27N3O3/c1-4-27-18-13-22(23,21(18,2)3)20(26)25-19-7-5-6-16(24-19)14-8-9-17-15(12-14)10-11-28-17/h5-9,12,18H,4,10-11,13,23H2,1-3H3,(H,24,25,26). The molecule has 2 aliphatic rings. The fourth-order valence-corrected chi connectivity index (χ4v) is 4.06. The third kappa shape index (κ3) is 2.97. The Morgan fingerprint density at radius 2 is 2.18 bits per heavy atom. The smallest absolute Gasteiger partial charge is 0.246 e. The van der Waals surface area contributed by atoms with Crippen molar-refractivity contribution in [3.63, 3.8) is 0 Å². The molecule has 2 unspecified atom stereocenters. The molecule has 1 aliphatic heterocycles. The highest BCUT2D eigenvalue weighted by atomic mass is 16.5. The van der Waals surface area contributed by atoms with Gasteiger partial charge in [-0.05, 0) is 42.8 Å². The van der Waals surface area contributed by atoms with Crippen molar-refractivity contribution >= 4 is 11.7 Å². The minimum atomic E-state index is -0.977. The Labute approximate surface area is 165 Å². The second-order valence-electron chi connectivity index (χ2n) is 8.12. The molecule has 0 saturated heterocycles. The maximum atomic E-state index is 12.9. The highest BCUT2D eigenvalue weighted by molar-refractivity contribution is 5.99. The molecule has 1 aliphatic carbocycles. The van der Waals surface area contributed by atoms with Crippen LogP contribution >= 0.6 is 0 Å². The van der Waals surface area contributed by atoms with Gasteiger partial charge in [0.15, 0.2) is 0 Å². The van der Waals surface area contributed by atoms with Gasteiger partial charge in [0.05, 0.1) is 18.4 Å². The highest BCUT2D eigenvalue weighted by Gasteiger charge is 2.62. The normalized spacial score (nSPS) is 24.8. The summed E-state index contributed by atoms with van der Waals surface area (Å²) in [7, 11) is 0. The minimum Gasteiger partial charge on any atom is -0.493 e. The summed E-state index contributed by atoms with van der Waals surface area (Å²) in [5, 5.41) is 2.91. The van der Waals surface area contributed by atoms with Crippen molar-refractivity contribution in [2.75, 3.05) is 18.5 Å². The van der Waals surface area contributed by atoms with Crippen LogP contribution in [0.4, 0.5) is 5.82 Å². The van der Waals surface area contributed by atoms with Crippen LogP contribution in [0.5, 0.6) is 5.75 Å². The van der Waals surface area contributed by atoms with Gasteiger partial charge in [0.25, 0.3) is 0 Å². The molecule has 1 fully saturated rings. The maximum Gasteiger partial charge on any atom is 0.246 e. The number of aromatic nitrogens is 1. The molecule has 0 bridgehead atoms. The number of nitrogens with zero attached hydrogens (tertiary/aromatic N) is 1. The zero-order valence-electron chi connectivity index (χ0n) is 16.6. The van der Waals surface area contributed by atoms with E-state index in [1.807, 2.05) is 45.0 Å². The monoisotopic (exact) mass is 381 g/mol. The second-order valence-corrected chi connectivity index (χ2v) is 8.12. The summed E-state index contributed by atoms with van der Waals surface area (Å²) in [6, 6.07) is 11.7. The molecule has 2 heterocycles. The Morgan fingerprint density at radius 1 is 1.36 bits per heavy atom. The number of nitrogens with one attached hydrogen (secondary N) is 1. The SMILES string of the molecule is CCOC1CC(N)(C(=O)Nc2cccc(-c3ccc4c(c3)CCO4)n2)C1(C)C. The number of amides is 1. The molecule has 2 atom stereocenters. The number of nitrogens with two attached hydrogens (primary N) is 1. The fraction of sp³-hybridized carbons (Fsp3) is 0.455. The van der Waals surface area contributed by atoms with Gasteiger partial charge in [-0.25, -0.2) is 4.98 Å². The number of anilines is 1. The molecule has 1 saturated carbocycles. The molecule has 0 radical (unpaired) electrons. The van der Waals surface area contributed by atoms with E-state index in [1.54, 1.807) is 6.07 Å². The molecule has 6 heteroatoms. The third-order valence-corrected chi connectivity index (χ3v) is 6.21. The summed E-state index contributed by atoms with van der Waals surface area (Å²) in [6.45, 7) is 7.24. The van der Waals surface area contributed by atoms with Crippen molar-refractivity contribution in [1.29, 1.82) is 0 Å². The molecule has 4 rings (SSSR count). The number of carbonyl (C=O) groups excluding carboxylic acids is 1. The lowest BCUT2D eigenvalue weighted by Crippen LogP contribution is -2.74. The van der Waals surface area contributed by atoms with Crippen LogP contribution in [-0.4, -0.2) is 35.7 Å². The zero-order chi connectivity index (χ0) is 19.9. The van der Waals surface area contributed by atoms with E-state index in [4.69, 9.17) is 15.2 Å². The number of hydrogen-bond donors (Lipinski definition) is 2. The molecular weight excluding hydrogens is 354 g/mol. The first-order valence-corrected chi connectivity index (χ1v) is 9.80. The Kier molecular flexibility index (Phi) is 4.63. The zero-order valence-corrected chi connectivity index (χ0v) is 16.6. The summed E-state index contributed by atoms with van der Waals surface area (Å²) >= 11 is 0. The molecule has 1 amide bonds. The van der Waals surface area contributed by atoms with Crippen molar-refractivity contribution in [3.8, 4) is 17.0 Å². The topological polar surface area (TPSA) is 86.5 Å². The predicted octanol–water partition coefficient (Wildman–Crippen LogP) is 3.15. The van der Waals surface area contributed by atoms with E-state index in [0.717, 1.165) is 30.0 Å². The van der Waals surface area contributed by atoms with Gasteiger partial charge in [-0.2, -0.15) is 0 Å². The van der Waals surface area contributed by atoms with Gasteiger partial charge < -0.3 is 20.5 Å². The molecule has 2 aromatic rings. The molecule has 6 nitrogen and oxygen atoms in total. The van der Waals surface area contributed by atoms with Gasteiger partial charge in [-0.3, -0.25) is 4.79 Å². The Bertz CT molecular complexity index is 912. The van der Waals surface area contributed by atoms with E-state index in [0.29, 0.717) is 18.8 Å². The third-order valence-electron chi connectivity index (χ3n) is 6.21. The van der Waals surface area contributed by atoms with Crippen LogP contribution in [0, 0.1) is 5.41 Å². The molecular formula is C22H27N3O3. The van der Waals surface area contributed by atoms with Crippen LogP contribution in [0.15, 0.2) is 36.4 Å². The van der Waals surface area contributed by atoms with E-state index in [-0.39, 0.29) is 12.0 Å². The van der Waals surface area contributed by atoms with Crippen molar-refractivity contribution in [3.05, 3.63) is 42.0 Å². The summed E-state index contributed by atoms with van der Waals surface area (Å²) in [5.41, 5.74) is 8.05. The van der Waals surface area contributed by atoms with Gasteiger partial charge in [0.2, 0.25) is 5.91 Å². The maximum absolute atomic E-state index is 12.9. The van der Waals surface area contributed by atoms with E-state index in [2.05, 4.69) is 16.4 Å². The predicted molar refractivity (Wildman–Crippen MR) is 108 cm³/mol. The first-order chi connectivity index (χ1) is 13.3. The Balaban J connectivity index is 1.52. The van der Waals surface area contributed by atoms with Crippen molar-refractivity contribution < 1.29 is 14.3 Å². The number of hydrogen-bond acceptors (Lipinski definition) is 5. The van der Waals surface area contributed by atoms with E-state index < -0.39 is 11.0 Å². The van der Waals surface area contributed by atoms with Crippen molar-refractivity contribution in [1.82, 2.24) is 4.98 Å².